The summed E-state index contributed by atoms with van der Waals surface area (Å²) in [7, 11) is -2.83. The van der Waals surface area contributed by atoms with Crippen LogP contribution in [0.3, 0.4) is 0 Å². The Morgan fingerprint density at radius 2 is 2.36 bits per heavy atom. The highest BCUT2D eigenvalue weighted by molar-refractivity contribution is 7.91. The first-order chi connectivity index (χ1) is 6.58. The standard InChI is InChI=1S/C9H15NO3S/c10-9(8-2-1-4-13-8)7-3-5-14(11,12)6-7/h2,7,9H,1,3-6,10H2. The van der Waals surface area contributed by atoms with Gasteiger partial charge in [0.1, 0.15) is 5.76 Å². The van der Waals surface area contributed by atoms with Crippen molar-refractivity contribution in [3.8, 4) is 0 Å². The van der Waals surface area contributed by atoms with E-state index < -0.39 is 9.84 Å². The molecule has 2 aliphatic heterocycles. The Balaban J connectivity index is 2.03. The molecule has 4 nitrogen and oxygen atoms in total. The first kappa shape index (κ1) is 9.98. The Kier molecular flexibility index (Phi) is 2.53. The molecule has 5 heteroatoms. The number of hydrogen-bond donors (Lipinski definition) is 1. The van der Waals surface area contributed by atoms with Gasteiger partial charge in [0.05, 0.1) is 24.2 Å². The van der Waals surface area contributed by atoms with Crippen LogP contribution >= 0.6 is 0 Å². The number of rotatable bonds is 2. The fraction of sp³-hybridized carbons (Fsp3) is 0.778. The summed E-state index contributed by atoms with van der Waals surface area (Å²) in [6.45, 7) is 0.683. The third-order valence-electron chi connectivity index (χ3n) is 2.84. The van der Waals surface area contributed by atoms with Gasteiger partial charge in [-0.05, 0) is 18.4 Å². The second-order valence-corrected chi connectivity index (χ2v) is 6.16. The quantitative estimate of drug-likeness (QED) is 0.709. The molecule has 2 aliphatic rings. The predicted molar refractivity (Wildman–Crippen MR) is 53.4 cm³/mol. The largest absolute Gasteiger partial charge is 0.496 e. The third kappa shape index (κ3) is 1.93. The van der Waals surface area contributed by atoms with Gasteiger partial charge in [0.2, 0.25) is 0 Å². The molecule has 1 fully saturated rings. The van der Waals surface area contributed by atoms with Gasteiger partial charge in [-0.25, -0.2) is 8.42 Å². The molecule has 0 aliphatic carbocycles. The lowest BCUT2D eigenvalue weighted by atomic mass is 9.98. The monoisotopic (exact) mass is 217 g/mol. The van der Waals surface area contributed by atoms with Crippen molar-refractivity contribution < 1.29 is 13.2 Å². The van der Waals surface area contributed by atoms with Gasteiger partial charge in [0, 0.05) is 6.42 Å². The van der Waals surface area contributed by atoms with E-state index in [0.717, 1.165) is 12.2 Å². The number of nitrogens with two attached hydrogens (primary N) is 1. The number of sulfone groups is 1. The van der Waals surface area contributed by atoms with E-state index in [1.54, 1.807) is 0 Å². The topological polar surface area (TPSA) is 69.4 Å². The lowest BCUT2D eigenvalue weighted by Crippen LogP contribution is -2.33. The second-order valence-electron chi connectivity index (χ2n) is 3.93. The molecule has 14 heavy (non-hydrogen) atoms. The molecule has 0 aromatic carbocycles. The Morgan fingerprint density at radius 3 is 2.86 bits per heavy atom. The van der Waals surface area contributed by atoms with Gasteiger partial charge in [-0.1, -0.05) is 0 Å². The summed E-state index contributed by atoms with van der Waals surface area (Å²) in [5, 5.41) is 0. The molecule has 0 saturated carbocycles. The van der Waals surface area contributed by atoms with Gasteiger partial charge in [-0.15, -0.1) is 0 Å². The van der Waals surface area contributed by atoms with E-state index in [2.05, 4.69) is 0 Å². The summed E-state index contributed by atoms with van der Waals surface area (Å²) < 4.78 is 27.8. The van der Waals surface area contributed by atoms with Crippen molar-refractivity contribution in [2.75, 3.05) is 18.1 Å². The fourth-order valence-corrected chi connectivity index (χ4v) is 3.86. The van der Waals surface area contributed by atoms with Crippen molar-refractivity contribution >= 4 is 9.84 Å². The van der Waals surface area contributed by atoms with Crippen LogP contribution < -0.4 is 5.73 Å². The molecular weight excluding hydrogens is 202 g/mol. The Morgan fingerprint density at radius 1 is 1.57 bits per heavy atom. The summed E-state index contributed by atoms with van der Waals surface area (Å²) in [6, 6.07) is -0.227. The molecular formula is C9H15NO3S. The molecule has 2 rings (SSSR count). The van der Waals surface area contributed by atoms with Crippen molar-refractivity contribution in [3.05, 3.63) is 11.8 Å². The van der Waals surface area contributed by atoms with Crippen LogP contribution in [0.2, 0.25) is 0 Å². The Bertz CT molecular complexity index is 347. The Labute approximate surface area is 84.0 Å². The van der Waals surface area contributed by atoms with Crippen LogP contribution in [0.1, 0.15) is 12.8 Å². The normalized spacial score (nSPS) is 32.4. The average molecular weight is 217 g/mol. The molecule has 80 valence electrons. The highest BCUT2D eigenvalue weighted by atomic mass is 32.2. The zero-order valence-electron chi connectivity index (χ0n) is 7.98. The molecule has 2 N–H and O–H groups in total. The summed E-state index contributed by atoms with van der Waals surface area (Å²) in [6.07, 6.45) is 3.53. The minimum Gasteiger partial charge on any atom is -0.496 e. The minimum absolute atomic E-state index is 0.0457. The lowest BCUT2D eigenvalue weighted by Gasteiger charge is -2.18. The fourth-order valence-electron chi connectivity index (χ4n) is 2.01. The molecule has 0 aromatic heterocycles. The van der Waals surface area contributed by atoms with Gasteiger partial charge in [-0.3, -0.25) is 0 Å². The third-order valence-corrected chi connectivity index (χ3v) is 4.63. The molecule has 2 unspecified atom stereocenters. The van der Waals surface area contributed by atoms with Gasteiger partial charge in [-0.2, -0.15) is 0 Å². The maximum Gasteiger partial charge on any atom is 0.150 e. The molecule has 0 spiro atoms. The predicted octanol–water partition coefficient (Wildman–Crippen LogP) is 0.0526. The summed E-state index contributed by atoms with van der Waals surface area (Å²) in [4.78, 5) is 0. The summed E-state index contributed by atoms with van der Waals surface area (Å²) in [5.41, 5.74) is 5.95. The van der Waals surface area contributed by atoms with Crippen LogP contribution in [0, 0.1) is 5.92 Å². The zero-order valence-corrected chi connectivity index (χ0v) is 8.79. The summed E-state index contributed by atoms with van der Waals surface area (Å²) in [5.74, 6) is 1.32. The van der Waals surface area contributed by atoms with E-state index >= 15 is 0 Å². The first-order valence-electron chi connectivity index (χ1n) is 4.87. The maximum atomic E-state index is 11.2. The van der Waals surface area contributed by atoms with E-state index in [0.29, 0.717) is 13.0 Å². The molecule has 0 amide bonds. The van der Waals surface area contributed by atoms with Crippen LogP contribution in [0.15, 0.2) is 11.8 Å². The zero-order chi connectivity index (χ0) is 10.2. The van der Waals surface area contributed by atoms with Gasteiger partial charge < -0.3 is 10.5 Å². The summed E-state index contributed by atoms with van der Waals surface area (Å²) >= 11 is 0. The highest BCUT2D eigenvalue weighted by Crippen LogP contribution is 2.26. The van der Waals surface area contributed by atoms with Crippen molar-refractivity contribution in [3.63, 3.8) is 0 Å². The van der Waals surface area contributed by atoms with Crippen molar-refractivity contribution in [2.45, 2.75) is 18.9 Å². The van der Waals surface area contributed by atoms with Crippen molar-refractivity contribution in [1.82, 2.24) is 0 Å². The van der Waals surface area contributed by atoms with Gasteiger partial charge in [0.15, 0.2) is 9.84 Å². The van der Waals surface area contributed by atoms with Crippen LogP contribution in [-0.2, 0) is 14.6 Å². The van der Waals surface area contributed by atoms with E-state index in [-0.39, 0.29) is 23.5 Å². The van der Waals surface area contributed by atoms with Gasteiger partial charge in [0.25, 0.3) is 0 Å². The molecule has 0 aromatic rings. The Hall–Kier alpha value is -0.550. The lowest BCUT2D eigenvalue weighted by molar-refractivity contribution is 0.211. The molecule has 0 bridgehead atoms. The first-order valence-corrected chi connectivity index (χ1v) is 6.69. The smallest absolute Gasteiger partial charge is 0.150 e. The van der Waals surface area contributed by atoms with Gasteiger partial charge >= 0.3 is 0 Å². The SMILES string of the molecule is NC(C1=CCCO1)C1CCS(=O)(=O)C1. The van der Waals surface area contributed by atoms with E-state index in [9.17, 15) is 8.42 Å². The average Bonchev–Trinajstić information content (AvgIpc) is 2.72. The van der Waals surface area contributed by atoms with Crippen LogP contribution in [0.25, 0.3) is 0 Å². The molecule has 2 atom stereocenters. The highest BCUT2D eigenvalue weighted by Gasteiger charge is 2.34. The van der Waals surface area contributed by atoms with E-state index in [1.807, 2.05) is 6.08 Å². The minimum atomic E-state index is -2.83. The second kappa shape index (κ2) is 3.55. The van der Waals surface area contributed by atoms with E-state index in [1.165, 1.54) is 0 Å². The molecule has 0 radical (unpaired) electrons. The molecule has 1 saturated heterocycles. The molecule has 2 heterocycles. The van der Waals surface area contributed by atoms with Crippen molar-refractivity contribution in [2.24, 2.45) is 11.7 Å². The van der Waals surface area contributed by atoms with Crippen molar-refractivity contribution in [1.29, 1.82) is 0 Å². The number of ether oxygens (including phenoxy) is 1. The van der Waals surface area contributed by atoms with E-state index in [4.69, 9.17) is 10.5 Å². The van der Waals surface area contributed by atoms with Crippen LogP contribution in [-0.4, -0.2) is 32.6 Å². The van der Waals surface area contributed by atoms with Crippen LogP contribution in [0.4, 0.5) is 0 Å². The number of hydrogen-bond acceptors (Lipinski definition) is 4. The van der Waals surface area contributed by atoms with Crippen LogP contribution in [0.5, 0.6) is 0 Å². The maximum absolute atomic E-state index is 11.2.